The number of amides is 4. The Balaban J connectivity index is 1.84. The minimum atomic E-state index is -0.716. The van der Waals surface area contributed by atoms with Gasteiger partial charge < -0.3 is 10.6 Å². The quantitative estimate of drug-likeness (QED) is 0.776. The highest BCUT2D eigenvalue weighted by molar-refractivity contribution is 6.35. The lowest BCUT2D eigenvalue weighted by atomic mass is 10.1. The molecule has 0 saturated carbocycles. The number of urea groups is 1. The number of hydrogen-bond acceptors (Lipinski definition) is 3. The molecular weight excluding hydrogens is 329 g/mol. The van der Waals surface area contributed by atoms with Gasteiger partial charge in [-0.3, -0.25) is 14.9 Å². The van der Waals surface area contributed by atoms with Gasteiger partial charge in [-0.2, -0.15) is 0 Å². The maximum absolute atomic E-state index is 12.0. The van der Waals surface area contributed by atoms with Crippen LogP contribution in [0.4, 0.5) is 4.79 Å². The zero-order valence-corrected chi connectivity index (χ0v) is 13.1. The van der Waals surface area contributed by atoms with E-state index < -0.39 is 12.1 Å². The molecule has 3 N–H and O–H groups in total. The fourth-order valence-corrected chi connectivity index (χ4v) is 2.60. The molecule has 1 unspecified atom stereocenters. The van der Waals surface area contributed by atoms with Crippen molar-refractivity contribution in [1.82, 2.24) is 16.0 Å². The molecule has 0 spiro atoms. The molecule has 1 atom stereocenters. The largest absolute Gasteiger partial charge is 0.354 e. The molecule has 6 nitrogen and oxygen atoms in total. The lowest BCUT2D eigenvalue weighted by Crippen LogP contribution is -2.48. The van der Waals surface area contributed by atoms with Crippen LogP contribution in [0.25, 0.3) is 0 Å². The predicted octanol–water partition coefficient (Wildman–Crippen LogP) is 1.64. The van der Waals surface area contributed by atoms with Gasteiger partial charge in [0.05, 0.1) is 0 Å². The SMILES string of the molecule is O=C1CCC(C(=O)NCCc2ccc(Cl)cc2Cl)NC(=O)N1. The fraction of sp³-hybridized carbons (Fsp3) is 0.357. The van der Waals surface area contributed by atoms with E-state index in [-0.39, 0.29) is 24.7 Å². The second-order valence-electron chi connectivity index (χ2n) is 4.89. The number of nitrogens with one attached hydrogen (secondary N) is 3. The Bertz CT molecular complexity index is 607. The van der Waals surface area contributed by atoms with Gasteiger partial charge in [-0.25, -0.2) is 4.79 Å². The molecule has 2 rings (SSSR count). The number of rotatable bonds is 4. The minimum absolute atomic E-state index is 0.125. The molecule has 0 radical (unpaired) electrons. The van der Waals surface area contributed by atoms with Crippen molar-refractivity contribution in [3.63, 3.8) is 0 Å². The van der Waals surface area contributed by atoms with Crippen LogP contribution in [-0.2, 0) is 16.0 Å². The van der Waals surface area contributed by atoms with Gasteiger partial charge in [-0.15, -0.1) is 0 Å². The maximum Gasteiger partial charge on any atom is 0.322 e. The Morgan fingerprint density at radius 2 is 2.09 bits per heavy atom. The third kappa shape index (κ3) is 4.61. The van der Waals surface area contributed by atoms with Gasteiger partial charge in [-0.1, -0.05) is 29.3 Å². The van der Waals surface area contributed by atoms with Gasteiger partial charge in [0, 0.05) is 23.0 Å². The molecule has 0 aliphatic carbocycles. The number of imide groups is 1. The first-order valence-corrected chi connectivity index (χ1v) is 7.53. The molecule has 0 aromatic heterocycles. The third-order valence-electron chi connectivity index (χ3n) is 3.24. The third-order valence-corrected chi connectivity index (χ3v) is 3.83. The number of hydrogen-bond donors (Lipinski definition) is 3. The highest BCUT2D eigenvalue weighted by Gasteiger charge is 2.25. The average Bonchev–Trinajstić information content (AvgIpc) is 2.61. The van der Waals surface area contributed by atoms with Gasteiger partial charge in [0.1, 0.15) is 6.04 Å². The summed E-state index contributed by atoms with van der Waals surface area (Å²) in [5, 5.41) is 8.39. The van der Waals surface area contributed by atoms with E-state index >= 15 is 0 Å². The lowest BCUT2D eigenvalue weighted by Gasteiger charge is -2.15. The molecule has 22 heavy (non-hydrogen) atoms. The van der Waals surface area contributed by atoms with Crippen LogP contribution in [-0.4, -0.2) is 30.4 Å². The molecule has 118 valence electrons. The Hall–Kier alpha value is -1.79. The summed E-state index contributed by atoms with van der Waals surface area (Å²) < 4.78 is 0. The normalized spacial score (nSPS) is 18.2. The molecular formula is C14H15Cl2N3O3. The van der Waals surface area contributed by atoms with Crippen LogP contribution in [0.5, 0.6) is 0 Å². The summed E-state index contributed by atoms with van der Waals surface area (Å²) in [7, 11) is 0. The molecule has 1 aliphatic heterocycles. The Kier molecular flexibility index (Phi) is 5.63. The summed E-state index contributed by atoms with van der Waals surface area (Å²) in [6, 6.07) is 3.80. The average molecular weight is 344 g/mol. The van der Waals surface area contributed by atoms with Gasteiger partial charge in [0.15, 0.2) is 0 Å². The van der Waals surface area contributed by atoms with Crippen molar-refractivity contribution < 1.29 is 14.4 Å². The maximum atomic E-state index is 12.0. The molecule has 1 aromatic carbocycles. The summed E-state index contributed by atoms with van der Waals surface area (Å²) in [5.41, 5.74) is 0.869. The Morgan fingerprint density at radius 3 is 2.82 bits per heavy atom. The molecule has 1 aromatic rings. The van der Waals surface area contributed by atoms with E-state index in [2.05, 4.69) is 16.0 Å². The highest BCUT2D eigenvalue weighted by Crippen LogP contribution is 2.21. The summed E-state index contributed by atoms with van der Waals surface area (Å²) in [4.78, 5) is 34.5. The van der Waals surface area contributed by atoms with Gasteiger partial charge >= 0.3 is 6.03 Å². The lowest BCUT2D eigenvalue weighted by molar-refractivity contribution is -0.123. The first-order valence-electron chi connectivity index (χ1n) is 6.77. The van der Waals surface area contributed by atoms with Crippen LogP contribution in [0.1, 0.15) is 18.4 Å². The van der Waals surface area contributed by atoms with Crippen molar-refractivity contribution in [2.45, 2.75) is 25.3 Å². The van der Waals surface area contributed by atoms with E-state index in [4.69, 9.17) is 23.2 Å². The first-order chi connectivity index (χ1) is 10.5. The van der Waals surface area contributed by atoms with E-state index in [1.165, 1.54) is 0 Å². The molecule has 1 saturated heterocycles. The molecule has 1 fully saturated rings. The zero-order valence-electron chi connectivity index (χ0n) is 11.6. The van der Waals surface area contributed by atoms with E-state index in [0.717, 1.165) is 5.56 Å². The summed E-state index contributed by atoms with van der Waals surface area (Å²) in [6.07, 6.45) is 0.935. The van der Waals surface area contributed by atoms with Crippen LogP contribution in [0.15, 0.2) is 18.2 Å². The topological polar surface area (TPSA) is 87.3 Å². The molecule has 1 heterocycles. The van der Waals surface area contributed by atoms with Gasteiger partial charge in [0.25, 0.3) is 0 Å². The van der Waals surface area contributed by atoms with Crippen molar-refractivity contribution in [2.75, 3.05) is 6.54 Å². The van der Waals surface area contributed by atoms with Crippen LogP contribution in [0, 0.1) is 0 Å². The van der Waals surface area contributed by atoms with Crippen LogP contribution in [0.2, 0.25) is 10.0 Å². The second kappa shape index (κ2) is 7.47. The van der Waals surface area contributed by atoms with Crippen molar-refractivity contribution in [1.29, 1.82) is 0 Å². The molecule has 4 amide bonds. The molecule has 8 heteroatoms. The molecule has 1 aliphatic rings. The Morgan fingerprint density at radius 1 is 1.32 bits per heavy atom. The smallest absolute Gasteiger partial charge is 0.322 e. The van der Waals surface area contributed by atoms with E-state index in [1.807, 2.05) is 0 Å². The summed E-state index contributed by atoms with van der Waals surface area (Å²) >= 11 is 11.9. The number of benzene rings is 1. The zero-order chi connectivity index (χ0) is 16.1. The van der Waals surface area contributed by atoms with Crippen molar-refractivity contribution >= 4 is 41.0 Å². The van der Waals surface area contributed by atoms with Crippen LogP contribution < -0.4 is 16.0 Å². The summed E-state index contributed by atoms with van der Waals surface area (Å²) in [5.74, 6) is -0.712. The van der Waals surface area contributed by atoms with Crippen LogP contribution in [0.3, 0.4) is 0 Å². The van der Waals surface area contributed by atoms with Gasteiger partial charge in [-0.05, 0) is 30.5 Å². The van der Waals surface area contributed by atoms with Crippen LogP contribution >= 0.6 is 23.2 Å². The minimum Gasteiger partial charge on any atom is -0.354 e. The number of halogens is 2. The molecule has 0 bridgehead atoms. The van der Waals surface area contributed by atoms with E-state index in [0.29, 0.717) is 23.0 Å². The van der Waals surface area contributed by atoms with Crippen molar-refractivity contribution in [2.24, 2.45) is 0 Å². The fourth-order valence-electron chi connectivity index (χ4n) is 2.10. The monoisotopic (exact) mass is 343 g/mol. The van der Waals surface area contributed by atoms with E-state index in [1.54, 1.807) is 18.2 Å². The summed E-state index contributed by atoms with van der Waals surface area (Å²) in [6.45, 7) is 0.369. The van der Waals surface area contributed by atoms with Crippen molar-refractivity contribution in [3.05, 3.63) is 33.8 Å². The standard InChI is InChI=1S/C14H15Cl2N3O3/c15-9-2-1-8(10(16)7-9)5-6-17-13(21)11-3-4-12(20)19-14(22)18-11/h1-2,7,11H,3-6H2,(H,17,21)(H2,18,19,20,22). The highest BCUT2D eigenvalue weighted by atomic mass is 35.5. The number of carbonyl (C=O) groups is 3. The predicted molar refractivity (Wildman–Crippen MR) is 82.9 cm³/mol. The first kappa shape index (κ1) is 16.6. The Labute approximate surface area is 137 Å². The number of carbonyl (C=O) groups excluding carboxylic acids is 3. The van der Waals surface area contributed by atoms with E-state index in [9.17, 15) is 14.4 Å². The van der Waals surface area contributed by atoms with Crippen molar-refractivity contribution in [3.8, 4) is 0 Å². The second-order valence-corrected chi connectivity index (χ2v) is 5.73. The van der Waals surface area contributed by atoms with Gasteiger partial charge in [0.2, 0.25) is 11.8 Å².